The van der Waals surface area contributed by atoms with Crippen molar-refractivity contribution in [3.63, 3.8) is 0 Å². The minimum Gasteiger partial charge on any atom is -0.379 e. The SMILES string of the molecule is CC[C@@H](COCCC(=O)N1CCN(c2ncc(C(F)(F)F)cn2)CC1)NC1CNNC(=O)C1C(F)(F)F. The van der Waals surface area contributed by atoms with Crippen LogP contribution in [-0.4, -0.2) is 90.9 Å². The molecular formula is C21H29F6N7O3. The lowest BCUT2D eigenvalue weighted by Gasteiger charge is -2.35. The van der Waals surface area contributed by atoms with E-state index in [1.165, 1.54) is 0 Å². The second-order valence-electron chi connectivity index (χ2n) is 8.73. The summed E-state index contributed by atoms with van der Waals surface area (Å²) in [5.74, 6) is -3.36. The molecule has 3 rings (SSSR count). The highest BCUT2D eigenvalue weighted by atomic mass is 19.4. The average Bonchev–Trinajstić information content (AvgIpc) is 2.84. The van der Waals surface area contributed by atoms with E-state index in [9.17, 15) is 35.9 Å². The van der Waals surface area contributed by atoms with Crippen LogP contribution in [0.15, 0.2) is 12.4 Å². The third-order valence-corrected chi connectivity index (χ3v) is 6.17. The molecule has 3 atom stereocenters. The number of hydrogen-bond donors (Lipinski definition) is 3. The first-order chi connectivity index (χ1) is 17.4. The van der Waals surface area contributed by atoms with E-state index >= 15 is 0 Å². The van der Waals surface area contributed by atoms with Crippen LogP contribution in [0, 0.1) is 5.92 Å². The molecule has 2 aliphatic heterocycles. The largest absolute Gasteiger partial charge is 0.419 e. The van der Waals surface area contributed by atoms with Crippen molar-refractivity contribution in [2.75, 3.05) is 50.8 Å². The van der Waals surface area contributed by atoms with Gasteiger partial charge in [0.25, 0.3) is 0 Å². The molecule has 0 aliphatic carbocycles. The number of carbonyl (C=O) groups excluding carboxylic acids is 2. The second-order valence-corrected chi connectivity index (χ2v) is 8.73. The fourth-order valence-corrected chi connectivity index (χ4v) is 4.07. The van der Waals surface area contributed by atoms with Gasteiger partial charge in [-0.25, -0.2) is 15.4 Å². The van der Waals surface area contributed by atoms with Gasteiger partial charge in [0.05, 0.1) is 25.2 Å². The molecule has 3 N–H and O–H groups in total. The van der Waals surface area contributed by atoms with Gasteiger partial charge in [-0.2, -0.15) is 26.3 Å². The highest BCUT2D eigenvalue weighted by Crippen LogP contribution is 2.30. The third-order valence-electron chi connectivity index (χ3n) is 6.17. The van der Waals surface area contributed by atoms with Gasteiger partial charge in [-0.1, -0.05) is 6.92 Å². The lowest BCUT2D eigenvalue weighted by molar-refractivity contribution is -0.193. The van der Waals surface area contributed by atoms with E-state index in [-0.39, 0.29) is 38.0 Å². The van der Waals surface area contributed by atoms with Crippen LogP contribution in [-0.2, 0) is 20.5 Å². The van der Waals surface area contributed by atoms with Crippen molar-refractivity contribution < 1.29 is 40.7 Å². The van der Waals surface area contributed by atoms with Gasteiger partial charge in [0.15, 0.2) is 5.92 Å². The fraction of sp³-hybridized carbons (Fsp3) is 0.714. The van der Waals surface area contributed by atoms with Crippen molar-refractivity contribution >= 4 is 17.8 Å². The summed E-state index contributed by atoms with van der Waals surface area (Å²) in [6.45, 7) is 3.15. The molecule has 16 heteroatoms. The number of halogens is 6. The Labute approximate surface area is 209 Å². The molecule has 0 aromatic carbocycles. The summed E-state index contributed by atoms with van der Waals surface area (Å²) in [5.41, 5.74) is 3.51. The normalized spacial score (nSPS) is 22.1. The van der Waals surface area contributed by atoms with Gasteiger partial charge in [0.1, 0.15) is 0 Å². The van der Waals surface area contributed by atoms with Crippen molar-refractivity contribution in [3.05, 3.63) is 18.0 Å². The van der Waals surface area contributed by atoms with E-state index < -0.39 is 41.8 Å². The summed E-state index contributed by atoms with van der Waals surface area (Å²) in [5, 5.41) is 2.83. The highest BCUT2D eigenvalue weighted by Gasteiger charge is 2.51. The van der Waals surface area contributed by atoms with Gasteiger partial charge in [0.2, 0.25) is 17.8 Å². The summed E-state index contributed by atoms with van der Waals surface area (Å²) in [6.07, 6.45) is -7.26. The molecule has 208 valence electrons. The van der Waals surface area contributed by atoms with Crippen molar-refractivity contribution in [1.29, 1.82) is 0 Å². The molecule has 2 amide bonds. The average molecular weight is 541 g/mol. The van der Waals surface area contributed by atoms with Gasteiger partial charge in [0, 0.05) is 57.2 Å². The lowest BCUT2D eigenvalue weighted by Crippen LogP contribution is -2.65. The first kappa shape index (κ1) is 28.8. The number of alkyl halides is 6. The molecule has 1 aromatic rings. The molecule has 0 spiro atoms. The number of amides is 2. The van der Waals surface area contributed by atoms with E-state index in [0.29, 0.717) is 32.6 Å². The standard InChI is InChI=1S/C21H29F6N7O3/c1-2-14(31-15-11-30-32-18(36)17(15)21(25,26)27)12-37-8-3-16(35)33-4-6-34(7-5-33)19-28-9-13(10-29-19)20(22,23)24/h9-10,14-15,17,30-31H,2-8,11-12H2,1H3,(H,32,36)/t14-,15?,17?/m0/s1. The first-order valence-corrected chi connectivity index (χ1v) is 11.7. The molecule has 2 fully saturated rings. The Hall–Kier alpha value is -2.72. The quantitative estimate of drug-likeness (QED) is 0.315. The predicted octanol–water partition coefficient (Wildman–Crippen LogP) is 1.10. The number of hydrogen-bond acceptors (Lipinski definition) is 8. The minimum absolute atomic E-state index is 0.0609. The van der Waals surface area contributed by atoms with E-state index in [4.69, 9.17) is 4.74 Å². The Morgan fingerprint density at radius 2 is 1.81 bits per heavy atom. The maximum absolute atomic E-state index is 13.3. The zero-order valence-corrected chi connectivity index (χ0v) is 20.0. The van der Waals surface area contributed by atoms with E-state index in [0.717, 1.165) is 12.4 Å². The number of aromatic nitrogens is 2. The smallest absolute Gasteiger partial charge is 0.379 e. The number of piperazine rings is 1. The fourth-order valence-electron chi connectivity index (χ4n) is 4.07. The van der Waals surface area contributed by atoms with Crippen molar-refractivity contribution in [2.24, 2.45) is 5.92 Å². The molecule has 10 nitrogen and oxygen atoms in total. The van der Waals surface area contributed by atoms with Gasteiger partial charge in [-0.15, -0.1) is 0 Å². The molecule has 0 saturated carbocycles. The molecule has 2 saturated heterocycles. The summed E-state index contributed by atoms with van der Waals surface area (Å²) >= 11 is 0. The van der Waals surface area contributed by atoms with Gasteiger partial charge in [-0.05, 0) is 6.42 Å². The Balaban J connectivity index is 1.39. The molecule has 2 unspecified atom stereocenters. The molecule has 1 aromatic heterocycles. The van der Waals surface area contributed by atoms with Crippen molar-refractivity contribution in [2.45, 2.75) is 44.2 Å². The van der Waals surface area contributed by atoms with Gasteiger partial charge in [-0.3, -0.25) is 15.0 Å². The molecule has 37 heavy (non-hydrogen) atoms. The molecule has 2 aliphatic rings. The van der Waals surface area contributed by atoms with Crippen LogP contribution in [0.3, 0.4) is 0 Å². The summed E-state index contributed by atoms with van der Waals surface area (Å²) in [6, 6.07) is -1.61. The van der Waals surface area contributed by atoms with Crippen LogP contribution >= 0.6 is 0 Å². The third kappa shape index (κ3) is 7.88. The number of hydrazine groups is 1. The lowest BCUT2D eigenvalue weighted by atomic mass is 9.95. The van der Waals surface area contributed by atoms with Crippen LogP contribution in [0.5, 0.6) is 0 Å². The van der Waals surface area contributed by atoms with Crippen LogP contribution in [0.25, 0.3) is 0 Å². The number of anilines is 1. The molecular weight excluding hydrogens is 512 g/mol. The second kappa shape index (κ2) is 12.2. The summed E-state index contributed by atoms with van der Waals surface area (Å²) < 4.78 is 83.4. The Bertz CT molecular complexity index is 907. The van der Waals surface area contributed by atoms with Crippen LogP contribution < -0.4 is 21.1 Å². The zero-order chi connectivity index (χ0) is 27.2. The highest BCUT2D eigenvalue weighted by molar-refractivity contribution is 5.80. The summed E-state index contributed by atoms with van der Waals surface area (Å²) in [4.78, 5) is 35.0. The molecule has 0 bridgehead atoms. The van der Waals surface area contributed by atoms with Crippen molar-refractivity contribution in [1.82, 2.24) is 31.0 Å². The Morgan fingerprint density at radius 1 is 1.16 bits per heavy atom. The number of ether oxygens (including phenoxy) is 1. The van der Waals surface area contributed by atoms with E-state index in [2.05, 4.69) is 20.7 Å². The van der Waals surface area contributed by atoms with Gasteiger partial charge >= 0.3 is 12.4 Å². The minimum atomic E-state index is -4.70. The maximum Gasteiger partial charge on any atom is 0.419 e. The molecule has 3 heterocycles. The first-order valence-electron chi connectivity index (χ1n) is 11.7. The number of carbonyl (C=O) groups is 2. The van der Waals surface area contributed by atoms with E-state index in [1.54, 1.807) is 16.7 Å². The predicted molar refractivity (Wildman–Crippen MR) is 118 cm³/mol. The molecule has 0 radical (unpaired) electrons. The Morgan fingerprint density at radius 3 is 2.38 bits per heavy atom. The topological polar surface area (TPSA) is 112 Å². The summed E-state index contributed by atoms with van der Waals surface area (Å²) in [7, 11) is 0. The monoisotopic (exact) mass is 541 g/mol. The van der Waals surface area contributed by atoms with Gasteiger partial charge < -0.3 is 19.9 Å². The van der Waals surface area contributed by atoms with Crippen molar-refractivity contribution in [3.8, 4) is 0 Å². The maximum atomic E-state index is 13.3. The number of nitrogens with one attached hydrogen (secondary N) is 3. The zero-order valence-electron chi connectivity index (χ0n) is 20.0. The van der Waals surface area contributed by atoms with Crippen LogP contribution in [0.4, 0.5) is 32.3 Å². The van der Waals surface area contributed by atoms with E-state index in [1.807, 2.05) is 5.43 Å². The number of nitrogens with zero attached hydrogens (tertiary/aromatic N) is 4. The van der Waals surface area contributed by atoms with Crippen LogP contribution in [0.2, 0.25) is 0 Å². The van der Waals surface area contributed by atoms with Crippen LogP contribution in [0.1, 0.15) is 25.3 Å². The Kier molecular flexibility index (Phi) is 9.52. The number of rotatable bonds is 9.